The Bertz CT molecular complexity index is 1230. The summed E-state index contributed by atoms with van der Waals surface area (Å²) in [4.78, 5) is 50.5. The molecular formula is C20H23ClN8O5S. The van der Waals surface area contributed by atoms with E-state index in [1.54, 1.807) is 10.9 Å². The first-order chi connectivity index (χ1) is 16.7. The van der Waals surface area contributed by atoms with Gasteiger partial charge in [-0.15, -0.1) is 0 Å². The fraction of sp³-hybridized carbons (Fsp3) is 0.250. The van der Waals surface area contributed by atoms with Gasteiger partial charge in [0.1, 0.15) is 6.04 Å². The number of H-pyrrole nitrogens is 2. The molecule has 0 fully saturated rings. The van der Waals surface area contributed by atoms with Crippen LogP contribution in [0.1, 0.15) is 11.4 Å². The molecule has 15 heteroatoms. The lowest BCUT2D eigenvalue weighted by atomic mass is 10.1. The average Bonchev–Trinajstić information content (AvgIpc) is 3.52. The van der Waals surface area contributed by atoms with E-state index in [-0.39, 0.29) is 11.3 Å². The molecule has 0 unspecified atom stereocenters. The smallest absolute Gasteiger partial charge is 0.329 e. The van der Waals surface area contributed by atoms with E-state index < -0.39 is 40.5 Å². The van der Waals surface area contributed by atoms with Crippen LogP contribution in [0.4, 0.5) is 4.79 Å². The number of rotatable bonds is 11. The van der Waals surface area contributed by atoms with Crippen LogP contribution in [0, 0.1) is 0 Å². The Morgan fingerprint density at radius 2 is 1.63 bits per heavy atom. The fourth-order valence-electron chi connectivity index (χ4n) is 2.93. The second-order valence-electron chi connectivity index (χ2n) is 7.26. The number of benzene rings is 1. The Morgan fingerprint density at radius 3 is 2.26 bits per heavy atom. The highest BCUT2D eigenvalue weighted by Gasteiger charge is 2.23. The molecule has 3 aromatic rings. The topological polar surface area (TPSA) is 191 Å². The van der Waals surface area contributed by atoms with Crippen molar-refractivity contribution in [3.05, 3.63) is 65.7 Å². The first-order valence-corrected chi connectivity index (χ1v) is 12.2. The molecule has 4 amide bonds. The van der Waals surface area contributed by atoms with Crippen LogP contribution in [-0.4, -0.2) is 65.3 Å². The molecule has 35 heavy (non-hydrogen) atoms. The number of imidazole rings is 2. The number of hydrogen-bond donors (Lipinski definition) is 6. The van der Waals surface area contributed by atoms with Crippen molar-refractivity contribution in [2.75, 3.05) is 13.1 Å². The van der Waals surface area contributed by atoms with Gasteiger partial charge in [-0.3, -0.25) is 9.59 Å². The number of carbonyl (C=O) groups excluding carboxylic acids is 3. The number of aromatic amines is 2. The van der Waals surface area contributed by atoms with E-state index in [4.69, 9.17) is 11.6 Å². The van der Waals surface area contributed by atoms with Crippen LogP contribution in [-0.2, 0) is 32.5 Å². The molecule has 0 aliphatic rings. The lowest BCUT2D eigenvalue weighted by Crippen LogP contribution is -2.51. The summed E-state index contributed by atoms with van der Waals surface area (Å²) in [6, 6.07) is 3.12. The molecular weight excluding hydrogens is 500 g/mol. The van der Waals surface area contributed by atoms with Crippen molar-refractivity contribution < 1.29 is 22.8 Å². The molecule has 0 aliphatic carbocycles. The number of halogens is 1. The summed E-state index contributed by atoms with van der Waals surface area (Å²) in [5.74, 6) is -1.14. The van der Waals surface area contributed by atoms with Gasteiger partial charge in [-0.25, -0.2) is 27.9 Å². The number of nitrogens with one attached hydrogen (secondary N) is 6. The van der Waals surface area contributed by atoms with Crippen molar-refractivity contribution in [3.8, 4) is 0 Å². The Balaban J connectivity index is 1.51. The van der Waals surface area contributed by atoms with Gasteiger partial charge in [-0.1, -0.05) is 11.6 Å². The Labute approximate surface area is 205 Å². The molecule has 6 N–H and O–H groups in total. The van der Waals surface area contributed by atoms with Crippen LogP contribution >= 0.6 is 11.6 Å². The molecule has 0 saturated carbocycles. The van der Waals surface area contributed by atoms with Crippen LogP contribution in [0.3, 0.4) is 0 Å². The number of carbonyl (C=O) groups is 3. The number of amides is 4. The van der Waals surface area contributed by atoms with Gasteiger partial charge in [0, 0.05) is 48.2 Å². The standard InChI is InChI=1S/C20H23ClN8O5S/c21-13-1-3-16(4-2-13)35(33,34)29-20(32)25-10-18(30)28-17(7-15-9-23-12-27-15)19(31)24-6-5-14-8-22-11-26-14/h1-4,8-9,11-12,17H,5-7,10H2,(H,22,26)(H,23,27)(H,24,31)(H,28,30)(H2,25,29,32)/t17-/m0/s1. The highest BCUT2D eigenvalue weighted by molar-refractivity contribution is 7.90. The SMILES string of the molecule is O=C(CNC(=O)NS(=O)(=O)c1ccc(Cl)cc1)N[C@@H](Cc1cnc[nH]1)C(=O)NCCc1cnc[nH]1. The van der Waals surface area contributed by atoms with Crippen molar-refractivity contribution >= 4 is 39.5 Å². The lowest BCUT2D eigenvalue weighted by Gasteiger charge is -2.18. The Hall–Kier alpha value is -3.91. The van der Waals surface area contributed by atoms with Gasteiger partial charge in [0.05, 0.1) is 24.1 Å². The second kappa shape index (κ2) is 12.0. The lowest BCUT2D eigenvalue weighted by molar-refractivity contribution is -0.128. The van der Waals surface area contributed by atoms with E-state index in [2.05, 4.69) is 35.9 Å². The molecule has 2 aromatic heterocycles. The molecule has 13 nitrogen and oxygen atoms in total. The summed E-state index contributed by atoms with van der Waals surface area (Å²) < 4.78 is 26.3. The fourth-order valence-corrected chi connectivity index (χ4v) is 3.98. The predicted octanol–water partition coefficient (Wildman–Crippen LogP) is -0.139. The van der Waals surface area contributed by atoms with E-state index in [0.29, 0.717) is 23.7 Å². The van der Waals surface area contributed by atoms with Crippen LogP contribution < -0.4 is 20.7 Å². The number of aromatic nitrogens is 4. The number of nitrogens with zero attached hydrogens (tertiary/aromatic N) is 2. The molecule has 2 heterocycles. The molecule has 0 bridgehead atoms. The third kappa shape index (κ3) is 8.12. The Kier molecular flexibility index (Phi) is 8.80. The second-order valence-corrected chi connectivity index (χ2v) is 9.38. The minimum atomic E-state index is -4.16. The Morgan fingerprint density at radius 1 is 0.971 bits per heavy atom. The van der Waals surface area contributed by atoms with Gasteiger partial charge >= 0.3 is 6.03 Å². The average molecular weight is 523 g/mol. The minimum Gasteiger partial charge on any atom is -0.354 e. The highest BCUT2D eigenvalue weighted by atomic mass is 35.5. The van der Waals surface area contributed by atoms with Crippen molar-refractivity contribution in [1.82, 2.24) is 40.6 Å². The summed E-state index contributed by atoms with van der Waals surface area (Å²) in [6.07, 6.45) is 6.77. The molecule has 0 spiro atoms. The maximum atomic E-state index is 12.7. The van der Waals surface area contributed by atoms with Gasteiger partial charge in [0.2, 0.25) is 11.8 Å². The summed E-state index contributed by atoms with van der Waals surface area (Å²) in [7, 11) is -4.16. The molecule has 0 radical (unpaired) electrons. The van der Waals surface area contributed by atoms with Gasteiger partial charge in [-0.05, 0) is 24.3 Å². The van der Waals surface area contributed by atoms with Gasteiger partial charge in [0.25, 0.3) is 10.0 Å². The molecule has 1 aromatic carbocycles. The third-order valence-corrected chi connectivity index (χ3v) is 6.24. The largest absolute Gasteiger partial charge is 0.354 e. The first kappa shape index (κ1) is 25.7. The summed E-state index contributed by atoms with van der Waals surface area (Å²) in [5.41, 5.74) is 1.45. The van der Waals surface area contributed by atoms with Gasteiger partial charge < -0.3 is 25.9 Å². The number of sulfonamides is 1. The quantitative estimate of drug-likeness (QED) is 0.202. The van der Waals surface area contributed by atoms with Crippen molar-refractivity contribution in [2.24, 2.45) is 0 Å². The summed E-state index contributed by atoms with van der Waals surface area (Å²) >= 11 is 5.73. The maximum absolute atomic E-state index is 12.7. The minimum absolute atomic E-state index is 0.124. The normalized spacial score (nSPS) is 11.9. The molecule has 0 saturated heterocycles. The van der Waals surface area contributed by atoms with Crippen molar-refractivity contribution in [3.63, 3.8) is 0 Å². The van der Waals surface area contributed by atoms with E-state index in [1.807, 2.05) is 0 Å². The predicted molar refractivity (Wildman–Crippen MR) is 125 cm³/mol. The zero-order chi connectivity index (χ0) is 25.3. The maximum Gasteiger partial charge on any atom is 0.329 e. The van der Waals surface area contributed by atoms with Crippen LogP contribution in [0.5, 0.6) is 0 Å². The van der Waals surface area contributed by atoms with E-state index in [1.165, 1.54) is 43.1 Å². The number of hydrogen-bond acceptors (Lipinski definition) is 7. The van der Waals surface area contributed by atoms with Crippen LogP contribution in [0.2, 0.25) is 5.02 Å². The summed E-state index contributed by atoms with van der Waals surface area (Å²) in [5, 5.41) is 7.75. The highest BCUT2D eigenvalue weighted by Crippen LogP contribution is 2.13. The van der Waals surface area contributed by atoms with Gasteiger partial charge in [-0.2, -0.15) is 0 Å². The summed E-state index contributed by atoms with van der Waals surface area (Å²) in [6.45, 7) is -0.261. The van der Waals surface area contributed by atoms with E-state index >= 15 is 0 Å². The van der Waals surface area contributed by atoms with E-state index in [0.717, 1.165) is 5.69 Å². The van der Waals surface area contributed by atoms with Gasteiger partial charge in [0.15, 0.2) is 0 Å². The van der Waals surface area contributed by atoms with Crippen LogP contribution in [0.25, 0.3) is 0 Å². The zero-order valence-electron chi connectivity index (χ0n) is 18.2. The monoisotopic (exact) mass is 522 g/mol. The third-order valence-electron chi connectivity index (χ3n) is 4.64. The zero-order valence-corrected chi connectivity index (χ0v) is 19.8. The molecule has 1 atom stereocenters. The van der Waals surface area contributed by atoms with Crippen molar-refractivity contribution in [2.45, 2.75) is 23.8 Å². The van der Waals surface area contributed by atoms with Crippen molar-refractivity contribution in [1.29, 1.82) is 0 Å². The molecule has 3 rings (SSSR count). The molecule has 186 valence electrons. The molecule has 0 aliphatic heterocycles. The first-order valence-electron chi connectivity index (χ1n) is 10.3. The van der Waals surface area contributed by atoms with E-state index in [9.17, 15) is 22.8 Å². The number of urea groups is 1. The van der Waals surface area contributed by atoms with Crippen LogP contribution in [0.15, 0.2) is 54.2 Å².